The topological polar surface area (TPSA) is 44.3 Å². The number of hydrogen-bond acceptors (Lipinski definition) is 3. The van der Waals surface area contributed by atoms with E-state index >= 15 is 0 Å². The molecular weight excluding hydrogens is 293 g/mol. The zero-order valence-corrected chi connectivity index (χ0v) is 11.4. The maximum absolute atomic E-state index is 12.6. The molecule has 1 aliphatic heterocycles. The number of benzene rings is 1. The molecule has 1 aromatic carbocycles. The summed E-state index contributed by atoms with van der Waals surface area (Å²) in [4.78, 5) is 0. The lowest BCUT2D eigenvalue weighted by Crippen LogP contribution is -2.30. The van der Waals surface area contributed by atoms with Gasteiger partial charge >= 0.3 is 6.18 Å². The second-order valence-corrected chi connectivity index (χ2v) is 5.40. The maximum Gasteiger partial charge on any atom is 0.416 e. The fourth-order valence-corrected chi connectivity index (χ4v) is 2.50. The largest absolute Gasteiger partial charge is 0.416 e. The number of aliphatic hydroxyl groups excluding tert-OH is 1. The molecule has 1 fully saturated rings. The molecule has 2 atom stereocenters. The van der Waals surface area contributed by atoms with Gasteiger partial charge in [0, 0.05) is 37.1 Å². The molecule has 112 valence electrons. The van der Waals surface area contributed by atoms with Crippen LogP contribution in [0.15, 0.2) is 18.2 Å². The van der Waals surface area contributed by atoms with Gasteiger partial charge in [0.2, 0.25) is 0 Å². The summed E-state index contributed by atoms with van der Waals surface area (Å²) in [7, 11) is 0. The predicted molar refractivity (Wildman–Crippen MR) is 70.5 cm³/mol. The van der Waals surface area contributed by atoms with E-state index < -0.39 is 17.8 Å². The Hall–Kier alpha value is -0.820. The van der Waals surface area contributed by atoms with Gasteiger partial charge in [-0.3, -0.25) is 0 Å². The molecule has 1 aromatic rings. The first kappa shape index (κ1) is 15.6. The van der Waals surface area contributed by atoms with E-state index in [1.807, 2.05) is 0 Å². The number of aliphatic hydroxyl groups is 1. The average molecular weight is 309 g/mol. The monoisotopic (exact) mass is 308 g/mol. The summed E-state index contributed by atoms with van der Waals surface area (Å²) in [6, 6.07) is 3.50. The second-order valence-electron chi connectivity index (χ2n) is 4.96. The van der Waals surface area contributed by atoms with Crippen LogP contribution in [-0.2, 0) is 12.7 Å². The van der Waals surface area contributed by atoms with Crippen molar-refractivity contribution >= 4 is 11.6 Å². The van der Waals surface area contributed by atoms with Crippen LogP contribution in [-0.4, -0.2) is 30.8 Å². The van der Waals surface area contributed by atoms with E-state index in [4.69, 9.17) is 11.6 Å². The van der Waals surface area contributed by atoms with Crippen LogP contribution in [0.2, 0.25) is 5.02 Å². The van der Waals surface area contributed by atoms with Gasteiger partial charge in [-0.1, -0.05) is 11.6 Å². The number of rotatable bonds is 4. The number of halogens is 4. The number of alkyl halides is 3. The minimum absolute atomic E-state index is 0.0687. The van der Waals surface area contributed by atoms with E-state index in [9.17, 15) is 18.3 Å². The van der Waals surface area contributed by atoms with E-state index in [-0.39, 0.29) is 17.5 Å². The highest BCUT2D eigenvalue weighted by molar-refractivity contribution is 6.30. The first-order valence-electron chi connectivity index (χ1n) is 6.32. The van der Waals surface area contributed by atoms with Crippen molar-refractivity contribution in [2.75, 3.05) is 19.6 Å². The quantitative estimate of drug-likeness (QED) is 0.797. The van der Waals surface area contributed by atoms with Gasteiger partial charge in [-0.05, 0) is 23.8 Å². The molecule has 7 heteroatoms. The van der Waals surface area contributed by atoms with Crippen LogP contribution in [0.5, 0.6) is 0 Å². The molecule has 1 saturated heterocycles. The highest BCUT2D eigenvalue weighted by Gasteiger charge is 2.31. The molecule has 0 spiro atoms. The fraction of sp³-hybridized carbons (Fsp3) is 0.538. The van der Waals surface area contributed by atoms with Gasteiger partial charge in [0.15, 0.2) is 0 Å². The molecule has 0 bridgehead atoms. The lowest BCUT2D eigenvalue weighted by atomic mass is 10.1. The number of hydrogen-bond donors (Lipinski definition) is 3. The second kappa shape index (κ2) is 6.30. The Morgan fingerprint density at radius 2 is 2.05 bits per heavy atom. The van der Waals surface area contributed by atoms with Crippen LogP contribution in [0.25, 0.3) is 0 Å². The van der Waals surface area contributed by atoms with E-state index in [1.165, 1.54) is 6.07 Å². The van der Waals surface area contributed by atoms with Crippen molar-refractivity contribution in [1.82, 2.24) is 10.6 Å². The highest BCUT2D eigenvalue weighted by atomic mass is 35.5. The van der Waals surface area contributed by atoms with Gasteiger partial charge in [-0.2, -0.15) is 13.2 Å². The molecule has 2 unspecified atom stereocenters. The van der Waals surface area contributed by atoms with Crippen molar-refractivity contribution in [2.24, 2.45) is 5.92 Å². The van der Waals surface area contributed by atoms with Gasteiger partial charge in [-0.15, -0.1) is 0 Å². The Kier molecular flexibility index (Phi) is 4.90. The molecule has 0 aliphatic carbocycles. The SMILES string of the molecule is OC1CNCC1CNCc1cc(Cl)cc(C(F)(F)F)c1. The van der Waals surface area contributed by atoms with E-state index in [1.54, 1.807) is 0 Å². The molecule has 2 rings (SSSR count). The minimum Gasteiger partial charge on any atom is -0.391 e. The Labute approximate surface area is 120 Å². The van der Waals surface area contributed by atoms with E-state index in [0.717, 1.165) is 12.1 Å². The first-order valence-corrected chi connectivity index (χ1v) is 6.70. The Bertz CT molecular complexity index is 467. The van der Waals surface area contributed by atoms with Crippen molar-refractivity contribution in [3.8, 4) is 0 Å². The zero-order chi connectivity index (χ0) is 14.8. The normalized spacial score (nSPS) is 23.2. The summed E-state index contributed by atoms with van der Waals surface area (Å²) in [5.41, 5.74) is -0.269. The Balaban J connectivity index is 1.94. The summed E-state index contributed by atoms with van der Waals surface area (Å²) in [6.07, 6.45) is -4.81. The third-order valence-corrected chi connectivity index (χ3v) is 3.54. The molecule has 1 aliphatic rings. The van der Waals surface area contributed by atoms with E-state index in [2.05, 4.69) is 10.6 Å². The molecule has 20 heavy (non-hydrogen) atoms. The summed E-state index contributed by atoms with van der Waals surface area (Å²) in [5.74, 6) is 0.0799. The fourth-order valence-electron chi connectivity index (χ4n) is 2.25. The molecule has 1 heterocycles. The summed E-state index contributed by atoms with van der Waals surface area (Å²) in [6.45, 7) is 2.09. The zero-order valence-electron chi connectivity index (χ0n) is 10.7. The standard InChI is InChI=1S/C13H16ClF3N2O/c14-11-2-8(1-10(3-11)13(15,16)17)4-18-5-9-6-19-7-12(9)20/h1-3,9,12,18-20H,4-7H2. The molecule has 3 nitrogen and oxygen atoms in total. The smallest absolute Gasteiger partial charge is 0.391 e. The summed E-state index contributed by atoms with van der Waals surface area (Å²) < 4.78 is 37.9. The first-order chi connectivity index (χ1) is 9.36. The molecule has 3 N–H and O–H groups in total. The summed E-state index contributed by atoms with van der Waals surface area (Å²) in [5, 5.41) is 15.8. The lowest BCUT2D eigenvalue weighted by Gasteiger charge is -2.15. The number of nitrogens with one attached hydrogen (secondary N) is 2. The molecule has 0 saturated carbocycles. The van der Waals surface area contributed by atoms with Crippen molar-refractivity contribution in [3.63, 3.8) is 0 Å². The predicted octanol–water partition coefficient (Wildman–Crippen LogP) is 2.03. The van der Waals surface area contributed by atoms with Crippen molar-refractivity contribution in [3.05, 3.63) is 34.3 Å². The van der Waals surface area contributed by atoms with Crippen LogP contribution in [0, 0.1) is 5.92 Å². The highest BCUT2D eigenvalue weighted by Crippen LogP contribution is 2.31. The van der Waals surface area contributed by atoms with Crippen molar-refractivity contribution in [1.29, 1.82) is 0 Å². The van der Waals surface area contributed by atoms with Crippen molar-refractivity contribution < 1.29 is 18.3 Å². The van der Waals surface area contributed by atoms with Gasteiger partial charge in [0.05, 0.1) is 11.7 Å². The maximum atomic E-state index is 12.6. The van der Waals surface area contributed by atoms with Crippen LogP contribution in [0.3, 0.4) is 0 Å². The van der Waals surface area contributed by atoms with E-state index in [0.29, 0.717) is 25.2 Å². The van der Waals surface area contributed by atoms with Crippen LogP contribution in [0.4, 0.5) is 13.2 Å². The molecule has 0 amide bonds. The van der Waals surface area contributed by atoms with Crippen LogP contribution >= 0.6 is 11.6 Å². The van der Waals surface area contributed by atoms with Gasteiger partial charge < -0.3 is 15.7 Å². The van der Waals surface area contributed by atoms with Crippen LogP contribution in [0.1, 0.15) is 11.1 Å². The minimum atomic E-state index is -4.40. The number of β-amino-alcohol motifs (C(OH)–C–C–N with tert-alkyl or cyclic N) is 1. The van der Waals surface area contributed by atoms with Gasteiger partial charge in [0.1, 0.15) is 0 Å². The third kappa shape index (κ3) is 4.09. The Morgan fingerprint density at radius 3 is 2.65 bits per heavy atom. The molecule has 0 aromatic heterocycles. The van der Waals surface area contributed by atoms with Gasteiger partial charge in [-0.25, -0.2) is 0 Å². The lowest BCUT2D eigenvalue weighted by molar-refractivity contribution is -0.137. The molecule has 0 radical (unpaired) electrons. The van der Waals surface area contributed by atoms with Crippen molar-refractivity contribution in [2.45, 2.75) is 18.8 Å². The molecular formula is C13H16ClF3N2O. The summed E-state index contributed by atoms with van der Waals surface area (Å²) >= 11 is 5.71. The third-order valence-electron chi connectivity index (χ3n) is 3.32. The van der Waals surface area contributed by atoms with Gasteiger partial charge in [0.25, 0.3) is 0 Å². The average Bonchev–Trinajstić information content (AvgIpc) is 2.73. The Morgan fingerprint density at radius 1 is 1.30 bits per heavy atom. The van der Waals surface area contributed by atoms with Crippen LogP contribution < -0.4 is 10.6 Å².